The Bertz CT molecular complexity index is 247. The van der Waals surface area contributed by atoms with Crippen molar-refractivity contribution >= 4 is 11.3 Å². The fourth-order valence-electron chi connectivity index (χ4n) is 0.888. The van der Waals surface area contributed by atoms with Crippen LogP contribution in [0.15, 0.2) is 12.1 Å². The number of thiophene rings is 1. The minimum Gasteiger partial charge on any atom is -0.319 e. The molecule has 0 amide bonds. The van der Waals surface area contributed by atoms with E-state index in [4.69, 9.17) is 5.73 Å². The molecule has 1 atom stereocenters. The first-order chi connectivity index (χ1) is 5.65. The van der Waals surface area contributed by atoms with Crippen LogP contribution in [0.2, 0.25) is 0 Å². The van der Waals surface area contributed by atoms with Gasteiger partial charge in [-0.25, -0.2) is 8.78 Å². The molecule has 0 spiro atoms. The number of nitrogens with two attached hydrogens (primary N) is 1. The van der Waals surface area contributed by atoms with E-state index in [1.807, 2.05) is 13.0 Å². The number of aryl methyl sites for hydroxylation is 1. The zero-order valence-corrected chi connectivity index (χ0v) is 7.57. The predicted molar refractivity (Wildman–Crippen MR) is 46.6 cm³/mol. The van der Waals surface area contributed by atoms with Gasteiger partial charge in [0.1, 0.15) is 6.04 Å². The third kappa shape index (κ3) is 2.01. The third-order valence-electron chi connectivity index (χ3n) is 1.63. The summed E-state index contributed by atoms with van der Waals surface area (Å²) in [5.74, 6) is 0. The second-order valence-corrected chi connectivity index (χ2v) is 3.72. The van der Waals surface area contributed by atoms with Crippen molar-refractivity contribution in [2.75, 3.05) is 0 Å². The van der Waals surface area contributed by atoms with Crippen LogP contribution in [-0.2, 0) is 6.42 Å². The van der Waals surface area contributed by atoms with Crippen molar-refractivity contribution in [3.63, 3.8) is 0 Å². The lowest BCUT2D eigenvalue weighted by Crippen LogP contribution is -2.17. The van der Waals surface area contributed by atoms with Gasteiger partial charge in [-0.05, 0) is 18.6 Å². The van der Waals surface area contributed by atoms with Crippen molar-refractivity contribution in [2.24, 2.45) is 5.73 Å². The van der Waals surface area contributed by atoms with E-state index >= 15 is 0 Å². The molecule has 0 bridgehead atoms. The zero-order valence-electron chi connectivity index (χ0n) is 6.76. The van der Waals surface area contributed by atoms with Gasteiger partial charge in [0, 0.05) is 9.75 Å². The molecule has 0 unspecified atom stereocenters. The monoisotopic (exact) mass is 191 g/mol. The molecule has 12 heavy (non-hydrogen) atoms. The Kier molecular flexibility index (Phi) is 3.17. The highest BCUT2D eigenvalue weighted by Crippen LogP contribution is 2.25. The lowest BCUT2D eigenvalue weighted by Gasteiger charge is -2.06. The van der Waals surface area contributed by atoms with Gasteiger partial charge in [-0.3, -0.25) is 0 Å². The molecule has 0 aliphatic rings. The SMILES string of the molecule is CCc1ccc([C@H](N)C(F)F)s1. The van der Waals surface area contributed by atoms with Crippen LogP contribution in [0.5, 0.6) is 0 Å². The molecular weight excluding hydrogens is 180 g/mol. The normalized spacial score (nSPS) is 13.8. The first kappa shape index (κ1) is 9.61. The van der Waals surface area contributed by atoms with Gasteiger partial charge in [-0.2, -0.15) is 0 Å². The summed E-state index contributed by atoms with van der Waals surface area (Å²) in [6.45, 7) is 1.99. The van der Waals surface area contributed by atoms with E-state index in [1.165, 1.54) is 11.3 Å². The zero-order chi connectivity index (χ0) is 9.14. The smallest absolute Gasteiger partial charge is 0.258 e. The lowest BCUT2D eigenvalue weighted by atomic mass is 10.2. The van der Waals surface area contributed by atoms with Crippen LogP contribution < -0.4 is 5.73 Å². The summed E-state index contributed by atoms with van der Waals surface area (Å²) in [6.07, 6.45) is -1.59. The fourth-order valence-corrected chi connectivity index (χ4v) is 1.85. The van der Waals surface area contributed by atoms with E-state index in [0.29, 0.717) is 4.88 Å². The summed E-state index contributed by atoms with van der Waals surface area (Å²) in [7, 11) is 0. The van der Waals surface area contributed by atoms with Crippen LogP contribution >= 0.6 is 11.3 Å². The van der Waals surface area contributed by atoms with E-state index in [-0.39, 0.29) is 0 Å². The molecular formula is C8H11F2NS. The second kappa shape index (κ2) is 3.96. The van der Waals surface area contributed by atoms with E-state index in [9.17, 15) is 8.78 Å². The van der Waals surface area contributed by atoms with Gasteiger partial charge < -0.3 is 5.73 Å². The molecule has 0 saturated heterocycles. The van der Waals surface area contributed by atoms with E-state index in [1.54, 1.807) is 6.07 Å². The Balaban J connectivity index is 2.74. The van der Waals surface area contributed by atoms with Crippen molar-refractivity contribution in [3.8, 4) is 0 Å². The van der Waals surface area contributed by atoms with Crippen LogP contribution in [-0.4, -0.2) is 6.43 Å². The van der Waals surface area contributed by atoms with Gasteiger partial charge in [-0.15, -0.1) is 11.3 Å². The Hall–Kier alpha value is -0.480. The highest BCUT2D eigenvalue weighted by Gasteiger charge is 2.18. The maximum atomic E-state index is 12.1. The van der Waals surface area contributed by atoms with Crippen molar-refractivity contribution < 1.29 is 8.78 Å². The molecule has 0 aromatic carbocycles. The first-order valence-electron chi connectivity index (χ1n) is 3.77. The molecule has 0 saturated carbocycles. The maximum Gasteiger partial charge on any atom is 0.258 e. The quantitative estimate of drug-likeness (QED) is 0.780. The largest absolute Gasteiger partial charge is 0.319 e. The molecule has 0 aliphatic heterocycles. The summed E-state index contributed by atoms with van der Waals surface area (Å²) in [5, 5.41) is 0. The average Bonchev–Trinajstić information content (AvgIpc) is 2.50. The highest BCUT2D eigenvalue weighted by molar-refractivity contribution is 7.12. The molecule has 1 nitrogen and oxygen atoms in total. The van der Waals surface area contributed by atoms with Crippen molar-refractivity contribution in [1.82, 2.24) is 0 Å². The first-order valence-corrected chi connectivity index (χ1v) is 4.59. The average molecular weight is 191 g/mol. The van der Waals surface area contributed by atoms with E-state index in [0.717, 1.165) is 11.3 Å². The Morgan fingerprint density at radius 3 is 2.58 bits per heavy atom. The third-order valence-corrected chi connectivity index (χ3v) is 2.96. The van der Waals surface area contributed by atoms with Gasteiger partial charge in [0.15, 0.2) is 0 Å². The van der Waals surface area contributed by atoms with Gasteiger partial charge in [0.05, 0.1) is 0 Å². The number of rotatable bonds is 3. The molecule has 0 fully saturated rings. The Morgan fingerprint density at radius 1 is 1.50 bits per heavy atom. The molecule has 68 valence electrons. The van der Waals surface area contributed by atoms with Crippen LogP contribution in [0.25, 0.3) is 0 Å². The summed E-state index contributed by atoms with van der Waals surface area (Å²) in [6, 6.07) is 2.41. The van der Waals surface area contributed by atoms with Crippen molar-refractivity contribution in [1.29, 1.82) is 0 Å². The van der Waals surface area contributed by atoms with Crippen LogP contribution in [0.3, 0.4) is 0 Å². The van der Waals surface area contributed by atoms with Crippen LogP contribution in [0.1, 0.15) is 22.7 Å². The van der Waals surface area contributed by atoms with Crippen molar-refractivity contribution in [2.45, 2.75) is 25.8 Å². The minimum absolute atomic E-state index is 0.571. The van der Waals surface area contributed by atoms with Crippen LogP contribution in [0.4, 0.5) is 8.78 Å². The minimum atomic E-state index is -2.46. The van der Waals surface area contributed by atoms with Crippen LogP contribution in [0, 0.1) is 0 Å². The van der Waals surface area contributed by atoms with E-state index in [2.05, 4.69) is 0 Å². The summed E-state index contributed by atoms with van der Waals surface area (Å²) in [5.41, 5.74) is 5.27. The standard InChI is InChI=1S/C8H11F2NS/c1-2-5-3-4-6(12-5)7(11)8(9)10/h3-4,7-8H,2,11H2,1H3/t7-/m0/s1. The molecule has 2 N–H and O–H groups in total. The molecule has 1 rings (SSSR count). The Labute approximate surface area is 74.2 Å². The molecule has 0 aliphatic carbocycles. The van der Waals surface area contributed by atoms with E-state index < -0.39 is 12.5 Å². The number of hydrogen-bond acceptors (Lipinski definition) is 2. The summed E-state index contributed by atoms with van der Waals surface area (Å²) in [4.78, 5) is 1.67. The second-order valence-electron chi connectivity index (χ2n) is 2.52. The topological polar surface area (TPSA) is 26.0 Å². The number of hydrogen-bond donors (Lipinski definition) is 1. The summed E-state index contributed by atoms with van der Waals surface area (Å²) >= 11 is 1.36. The molecule has 0 radical (unpaired) electrons. The van der Waals surface area contributed by atoms with Gasteiger partial charge in [-0.1, -0.05) is 6.92 Å². The highest BCUT2D eigenvalue weighted by atomic mass is 32.1. The number of alkyl halides is 2. The Morgan fingerprint density at radius 2 is 2.17 bits per heavy atom. The van der Waals surface area contributed by atoms with Crippen molar-refractivity contribution in [3.05, 3.63) is 21.9 Å². The molecule has 1 heterocycles. The fraction of sp³-hybridized carbons (Fsp3) is 0.500. The molecule has 1 aromatic rings. The maximum absolute atomic E-state index is 12.1. The van der Waals surface area contributed by atoms with Gasteiger partial charge in [0.25, 0.3) is 6.43 Å². The molecule has 1 aromatic heterocycles. The van der Waals surface area contributed by atoms with Gasteiger partial charge >= 0.3 is 0 Å². The summed E-state index contributed by atoms with van der Waals surface area (Å²) < 4.78 is 24.2. The molecule has 4 heteroatoms. The van der Waals surface area contributed by atoms with Gasteiger partial charge in [0.2, 0.25) is 0 Å². The number of halogens is 2. The lowest BCUT2D eigenvalue weighted by molar-refractivity contribution is 0.118. The predicted octanol–water partition coefficient (Wildman–Crippen LogP) is 2.58.